The Hall–Kier alpha value is 2.20. The molecule has 120 valence electrons. The van der Waals surface area contributed by atoms with E-state index in [1.54, 1.807) is 0 Å². The maximum absolute atomic E-state index is 5.43. The number of rotatable bonds is 4. The molecule has 0 atom stereocenters. The molecule has 0 spiro atoms. The fraction of sp³-hybridized carbons (Fsp3) is 1.00. The smallest absolute Gasteiger partial charge is 0.222 e. The molecule has 0 heterocycles. The Morgan fingerprint density at radius 3 is 0.941 bits per heavy atom. The normalized spacial score (nSPS) is 7.06. The van der Waals surface area contributed by atoms with Crippen molar-refractivity contribution in [3.63, 3.8) is 0 Å². The molecule has 0 bridgehead atoms. The summed E-state index contributed by atoms with van der Waals surface area (Å²) in [6.07, 6.45) is 0. The second-order valence-electron chi connectivity index (χ2n) is 1.05. The third kappa shape index (κ3) is 124. The minimum atomic E-state index is -0.639. The summed E-state index contributed by atoms with van der Waals surface area (Å²) in [7, 11) is -1.71. The van der Waals surface area contributed by atoms with Gasteiger partial charge in [-0.3, -0.25) is 0 Å². The van der Waals surface area contributed by atoms with E-state index in [0.717, 1.165) is 0 Å². The van der Waals surface area contributed by atoms with E-state index in [9.17, 15) is 0 Å². The molecule has 5 N–H and O–H groups in total. The van der Waals surface area contributed by atoms with Gasteiger partial charge in [0.25, 0.3) is 0 Å². The van der Waals surface area contributed by atoms with Crippen LogP contribution in [0.15, 0.2) is 0 Å². The van der Waals surface area contributed by atoms with Gasteiger partial charge in [-0.05, 0) is 0 Å². The summed E-state index contributed by atoms with van der Waals surface area (Å²) in [5.74, 6) is 0. The fourth-order valence-corrected chi connectivity index (χ4v) is 4.94. The second-order valence-corrected chi connectivity index (χ2v) is 10.2. The molecule has 0 aliphatic heterocycles. The third-order valence-electron chi connectivity index (χ3n) is 0.439. The first kappa shape index (κ1) is 61.1. The van der Waals surface area contributed by atoms with E-state index in [0.29, 0.717) is 0 Å². The van der Waals surface area contributed by atoms with Crippen molar-refractivity contribution in [2.24, 2.45) is 0 Å². The maximum atomic E-state index is 5.43. The maximum Gasteiger partial charge on any atom is 0.222 e. The Balaban J connectivity index is -0.00000000849. The monoisotopic (exact) mass is 423 g/mol. The van der Waals surface area contributed by atoms with Gasteiger partial charge in [-0.25, -0.2) is 0 Å². The van der Waals surface area contributed by atoms with Gasteiger partial charge in [-0.1, -0.05) is 37.1 Å². The van der Waals surface area contributed by atoms with E-state index in [4.69, 9.17) is 44.3 Å². The Kier molecular flexibility index (Phi) is 288. The van der Waals surface area contributed by atoms with Crippen molar-refractivity contribution >= 4 is 92.7 Å². The summed E-state index contributed by atoms with van der Waals surface area (Å²) in [6.45, 7) is 0. The first-order valence-electron chi connectivity index (χ1n) is 2.48. The molecule has 0 amide bonds. The molecule has 0 unspecified atom stereocenters. The van der Waals surface area contributed by atoms with Crippen LogP contribution in [0, 0.1) is 0 Å². The largest absolute Gasteiger partial charge is 0.345 e. The SMILES string of the molecule is C.C.C.C.C.Cl.Cl[SiH2]Cl.Cl[SiH2]N[SiH2]N[SiH2]Cl.N. The van der Waals surface area contributed by atoms with Crippen molar-refractivity contribution < 1.29 is 0 Å². The highest BCUT2D eigenvalue weighted by Crippen LogP contribution is 1.67. The summed E-state index contributed by atoms with van der Waals surface area (Å²) in [4.78, 5) is 0. The minimum absolute atomic E-state index is 0. The topological polar surface area (TPSA) is 59.1 Å². The van der Waals surface area contributed by atoms with Gasteiger partial charge < -0.3 is 15.4 Å². The van der Waals surface area contributed by atoms with Gasteiger partial charge in [-0.15, -0.1) is 12.4 Å². The summed E-state index contributed by atoms with van der Waals surface area (Å²) >= 11 is 20.7. The van der Waals surface area contributed by atoms with Crippen molar-refractivity contribution in [1.82, 2.24) is 15.4 Å². The lowest BCUT2D eigenvalue weighted by Gasteiger charge is -1.94. The van der Waals surface area contributed by atoms with Gasteiger partial charge in [0.1, 0.15) is 0 Å². The van der Waals surface area contributed by atoms with Crippen LogP contribution in [-0.2, 0) is 0 Å². The van der Waals surface area contributed by atoms with Crippen molar-refractivity contribution in [2.75, 3.05) is 0 Å². The molecule has 0 saturated carbocycles. The molecule has 0 rings (SSSR count). The highest BCUT2D eigenvalue weighted by atomic mass is 35.7. The van der Waals surface area contributed by atoms with E-state index in [2.05, 4.69) is 9.30 Å². The zero-order chi connectivity index (χ0) is 8.24. The highest BCUT2D eigenvalue weighted by Gasteiger charge is 1.80. The minimum Gasteiger partial charge on any atom is -0.345 e. The Morgan fingerprint density at radius 1 is 0.647 bits per heavy atom. The van der Waals surface area contributed by atoms with Crippen molar-refractivity contribution in [3.8, 4) is 0 Å². The van der Waals surface area contributed by atoms with Gasteiger partial charge in [0.05, 0.1) is 0 Å². The van der Waals surface area contributed by atoms with Crippen LogP contribution in [0.3, 0.4) is 0 Å². The molecule has 17 heavy (non-hydrogen) atoms. The van der Waals surface area contributed by atoms with Crippen LogP contribution >= 0.6 is 56.7 Å². The van der Waals surface area contributed by atoms with E-state index in [1.807, 2.05) is 0 Å². The fourth-order valence-electron chi connectivity index (χ4n) is 0.183. The molecule has 0 aromatic carbocycles. The summed E-state index contributed by atoms with van der Waals surface area (Å²) in [6, 6.07) is 0. The van der Waals surface area contributed by atoms with Gasteiger partial charge >= 0.3 is 0 Å². The Morgan fingerprint density at radius 2 is 0.824 bits per heavy atom. The van der Waals surface area contributed by atoms with Crippen LogP contribution in [0.25, 0.3) is 0 Å². The van der Waals surface area contributed by atoms with Crippen molar-refractivity contribution in [1.29, 1.82) is 0 Å². The molecular weight excluding hydrogens is 392 g/mol. The van der Waals surface area contributed by atoms with Crippen LogP contribution in [0.2, 0.25) is 0 Å². The molecule has 0 radical (unpaired) electrons. The quantitative estimate of drug-likeness (QED) is 0.366. The molecular formula is C5H34Cl5N3Si4. The van der Waals surface area contributed by atoms with E-state index in [1.165, 1.54) is 0 Å². The zero-order valence-corrected chi connectivity index (χ0v) is 16.0. The summed E-state index contributed by atoms with van der Waals surface area (Å²) < 4.78 is 6.26. The first-order valence-corrected chi connectivity index (χ1v) is 13.9. The molecule has 0 fully saturated rings. The van der Waals surface area contributed by atoms with Crippen LogP contribution in [0.1, 0.15) is 37.1 Å². The van der Waals surface area contributed by atoms with E-state index in [-0.39, 0.29) is 65.5 Å². The number of halogens is 5. The summed E-state index contributed by atoms with van der Waals surface area (Å²) in [5, 5.41) is 0. The molecule has 0 aromatic heterocycles. The number of nitrogens with one attached hydrogen (secondary N) is 2. The predicted molar refractivity (Wildman–Crippen MR) is 110 cm³/mol. The Labute approximate surface area is 144 Å². The predicted octanol–water partition coefficient (Wildman–Crippen LogP) is 1.87. The van der Waals surface area contributed by atoms with Gasteiger partial charge in [0, 0.05) is 0 Å². The molecule has 12 heteroatoms. The molecule has 3 nitrogen and oxygen atoms in total. The average molecular weight is 426 g/mol. The van der Waals surface area contributed by atoms with Gasteiger partial charge in [-0.2, -0.15) is 44.3 Å². The number of hydrogen-bond acceptors (Lipinski definition) is 3. The van der Waals surface area contributed by atoms with Gasteiger partial charge in [0.2, 0.25) is 8.14 Å². The lowest BCUT2D eigenvalue weighted by molar-refractivity contribution is 1.46. The van der Waals surface area contributed by atoms with Crippen molar-refractivity contribution in [2.45, 2.75) is 37.1 Å². The molecule has 0 aliphatic rings. The third-order valence-corrected chi connectivity index (χ3v) is 7.35. The molecule has 0 saturated heterocycles. The lowest BCUT2D eigenvalue weighted by atomic mass is 12.0. The average Bonchev–Trinajstić information content (AvgIpc) is 1.91. The highest BCUT2D eigenvalue weighted by molar-refractivity contribution is 7.22. The lowest BCUT2D eigenvalue weighted by Crippen LogP contribution is -2.34. The second kappa shape index (κ2) is 80.1. The molecule has 0 aliphatic carbocycles. The zero-order valence-electron chi connectivity index (χ0n) is 6.46. The van der Waals surface area contributed by atoms with Crippen molar-refractivity contribution in [3.05, 3.63) is 0 Å². The van der Waals surface area contributed by atoms with Crippen LogP contribution in [0.4, 0.5) is 0 Å². The first-order chi connectivity index (χ1) is 4.83. The van der Waals surface area contributed by atoms with Crippen LogP contribution in [0.5, 0.6) is 0 Å². The molecule has 0 aromatic rings. The van der Waals surface area contributed by atoms with Crippen LogP contribution < -0.4 is 15.4 Å². The van der Waals surface area contributed by atoms with E-state index < -0.39 is 26.1 Å². The van der Waals surface area contributed by atoms with Gasteiger partial charge in [0.15, 0.2) is 27.8 Å². The van der Waals surface area contributed by atoms with E-state index >= 15 is 0 Å². The summed E-state index contributed by atoms with van der Waals surface area (Å²) in [5.41, 5.74) is 0. The number of hydrogen-bond donors (Lipinski definition) is 3. The Bertz CT molecular complexity index is 60.5. The van der Waals surface area contributed by atoms with Crippen LogP contribution in [-0.4, -0.2) is 36.0 Å². The standard InChI is InChI=1S/5CH4.Cl2H8N2Si3.Cl2H2Si.ClH.H3N/c;;;;;1-5-3-7-4-6-2;1-3-2;;/h5*1H4;3-4H,5-7H2;3H2;1H;1H3.